The van der Waals surface area contributed by atoms with Crippen molar-refractivity contribution in [2.24, 2.45) is 0 Å². The topological polar surface area (TPSA) is 69.6 Å². The van der Waals surface area contributed by atoms with Crippen LogP contribution in [0.5, 0.6) is 0 Å². The van der Waals surface area contributed by atoms with Gasteiger partial charge < -0.3 is 5.73 Å². The molecule has 0 saturated heterocycles. The van der Waals surface area contributed by atoms with E-state index in [2.05, 4.69) is 15.1 Å². The Hall–Kier alpha value is -1.91. The molecule has 0 aliphatic rings. The molecular weight excluding hydrogens is 178 g/mol. The van der Waals surface area contributed by atoms with Gasteiger partial charge in [0.05, 0.1) is 24.1 Å². The first-order chi connectivity index (χ1) is 6.74. The number of hydrogen-bond acceptors (Lipinski definition) is 4. The normalized spacial score (nSPS) is 10.4. The number of rotatable bonds is 2. The van der Waals surface area contributed by atoms with Crippen molar-refractivity contribution in [1.29, 1.82) is 0 Å². The fraction of sp³-hybridized carbons (Fsp3) is 0.222. The minimum Gasteiger partial charge on any atom is -0.382 e. The van der Waals surface area contributed by atoms with Gasteiger partial charge in [-0.2, -0.15) is 5.10 Å². The Labute approximate surface area is 81.6 Å². The SMILES string of the molecule is Cc1cnc(Cn2ccc(N)n2)cn1. The minimum absolute atomic E-state index is 0.519. The monoisotopic (exact) mass is 189 g/mol. The van der Waals surface area contributed by atoms with Crippen molar-refractivity contribution < 1.29 is 0 Å². The van der Waals surface area contributed by atoms with Crippen molar-refractivity contribution in [3.63, 3.8) is 0 Å². The Morgan fingerprint density at radius 2 is 2.21 bits per heavy atom. The third-order valence-electron chi connectivity index (χ3n) is 1.82. The molecule has 0 atom stereocenters. The molecule has 2 aromatic heterocycles. The van der Waals surface area contributed by atoms with E-state index in [-0.39, 0.29) is 0 Å². The molecule has 2 N–H and O–H groups in total. The second-order valence-corrected chi connectivity index (χ2v) is 3.09. The standard InChI is InChI=1S/C9H11N5/c1-7-4-12-8(5-11-7)6-14-3-2-9(10)13-14/h2-5H,6H2,1H3,(H2,10,13). The molecule has 0 spiro atoms. The van der Waals surface area contributed by atoms with E-state index in [4.69, 9.17) is 5.73 Å². The Balaban J connectivity index is 2.15. The molecule has 2 aromatic rings. The van der Waals surface area contributed by atoms with E-state index < -0.39 is 0 Å². The van der Waals surface area contributed by atoms with Gasteiger partial charge in [0, 0.05) is 12.4 Å². The lowest BCUT2D eigenvalue weighted by atomic mass is 10.4. The summed E-state index contributed by atoms with van der Waals surface area (Å²) in [6.07, 6.45) is 5.30. The van der Waals surface area contributed by atoms with Gasteiger partial charge in [-0.05, 0) is 13.0 Å². The van der Waals surface area contributed by atoms with Crippen molar-refractivity contribution in [3.8, 4) is 0 Å². The molecule has 2 heterocycles. The number of nitrogens with two attached hydrogens (primary N) is 1. The zero-order chi connectivity index (χ0) is 9.97. The summed E-state index contributed by atoms with van der Waals surface area (Å²) in [7, 11) is 0. The highest BCUT2D eigenvalue weighted by Crippen LogP contribution is 2.00. The van der Waals surface area contributed by atoms with Crippen molar-refractivity contribution in [2.45, 2.75) is 13.5 Å². The predicted octanol–water partition coefficient (Wildman–Crippen LogP) is 0.612. The first-order valence-corrected chi connectivity index (χ1v) is 4.30. The van der Waals surface area contributed by atoms with E-state index in [0.717, 1.165) is 11.4 Å². The van der Waals surface area contributed by atoms with Crippen LogP contribution in [0.1, 0.15) is 11.4 Å². The molecule has 0 unspecified atom stereocenters. The van der Waals surface area contributed by atoms with Gasteiger partial charge in [-0.25, -0.2) is 0 Å². The first kappa shape index (κ1) is 8.68. The summed E-state index contributed by atoms with van der Waals surface area (Å²) in [5.41, 5.74) is 7.27. The minimum atomic E-state index is 0.519. The second-order valence-electron chi connectivity index (χ2n) is 3.09. The largest absolute Gasteiger partial charge is 0.382 e. The Bertz CT molecular complexity index is 417. The van der Waals surface area contributed by atoms with Crippen LogP contribution in [-0.4, -0.2) is 19.7 Å². The van der Waals surface area contributed by atoms with Crippen LogP contribution in [-0.2, 0) is 6.54 Å². The van der Waals surface area contributed by atoms with E-state index in [1.54, 1.807) is 23.1 Å². The van der Waals surface area contributed by atoms with Crippen LogP contribution < -0.4 is 5.73 Å². The van der Waals surface area contributed by atoms with Crippen LogP contribution in [0.4, 0.5) is 5.82 Å². The fourth-order valence-electron chi connectivity index (χ4n) is 1.13. The van der Waals surface area contributed by atoms with Gasteiger partial charge in [0.2, 0.25) is 0 Å². The number of nitrogen functional groups attached to an aromatic ring is 1. The molecule has 0 aliphatic carbocycles. The molecule has 0 aliphatic heterocycles. The maximum atomic E-state index is 5.49. The molecule has 0 amide bonds. The van der Waals surface area contributed by atoms with Crippen LogP contribution >= 0.6 is 0 Å². The van der Waals surface area contributed by atoms with Crippen molar-refractivity contribution >= 4 is 5.82 Å². The average molecular weight is 189 g/mol. The van der Waals surface area contributed by atoms with E-state index >= 15 is 0 Å². The van der Waals surface area contributed by atoms with Gasteiger partial charge >= 0.3 is 0 Å². The molecule has 72 valence electrons. The van der Waals surface area contributed by atoms with Crippen LogP contribution in [0, 0.1) is 6.92 Å². The summed E-state index contributed by atoms with van der Waals surface area (Å²) in [6, 6.07) is 1.75. The smallest absolute Gasteiger partial charge is 0.145 e. The van der Waals surface area contributed by atoms with Crippen LogP contribution in [0.2, 0.25) is 0 Å². The van der Waals surface area contributed by atoms with E-state index in [1.807, 2.05) is 13.1 Å². The van der Waals surface area contributed by atoms with Crippen molar-refractivity contribution in [3.05, 3.63) is 36.0 Å². The lowest BCUT2D eigenvalue weighted by Gasteiger charge is -2.00. The molecule has 0 aromatic carbocycles. The van der Waals surface area contributed by atoms with Crippen LogP contribution in [0.15, 0.2) is 24.7 Å². The number of hydrogen-bond donors (Lipinski definition) is 1. The molecule has 5 heteroatoms. The first-order valence-electron chi connectivity index (χ1n) is 4.30. The van der Waals surface area contributed by atoms with Crippen molar-refractivity contribution in [2.75, 3.05) is 5.73 Å². The van der Waals surface area contributed by atoms with E-state index in [9.17, 15) is 0 Å². The molecule has 14 heavy (non-hydrogen) atoms. The molecule has 0 radical (unpaired) electrons. The predicted molar refractivity (Wildman–Crippen MR) is 52.5 cm³/mol. The zero-order valence-corrected chi connectivity index (χ0v) is 7.88. The molecule has 5 nitrogen and oxygen atoms in total. The van der Waals surface area contributed by atoms with E-state index in [0.29, 0.717) is 12.4 Å². The third-order valence-corrected chi connectivity index (χ3v) is 1.82. The Morgan fingerprint density at radius 1 is 1.36 bits per heavy atom. The summed E-state index contributed by atoms with van der Waals surface area (Å²) in [5.74, 6) is 0.519. The number of aryl methyl sites for hydroxylation is 1. The molecular formula is C9H11N5. The van der Waals surface area contributed by atoms with Gasteiger partial charge in [0.15, 0.2) is 0 Å². The maximum Gasteiger partial charge on any atom is 0.145 e. The Morgan fingerprint density at radius 3 is 2.79 bits per heavy atom. The van der Waals surface area contributed by atoms with E-state index in [1.165, 1.54) is 0 Å². The Kier molecular flexibility index (Phi) is 2.14. The number of nitrogens with zero attached hydrogens (tertiary/aromatic N) is 4. The highest BCUT2D eigenvalue weighted by atomic mass is 15.3. The molecule has 0 saturated carbocycles. The lowest BCUT2D eigenvalue weighted by molar-refractivity contribution is 0.672. The molecule has 0 bridgehead atoms. The average Bonchev–Trinajstić information content (AvgIpc) is 2.56. The van der Waals surface area contributed by atoms with Gasteiger partial charge in [-0.1, -0.05) is 0 Å². The van der Waals surface area contributed by atoms with Gasteiger partial charge in [-0.3, -0.25) is 14.6 Å². The number of anilines is 1. The highest BCUT2D eigenvalue weighted by Gasteiger charge is 1.98. The quantitative estimate of drug-likeness (QED) is 0.751. The summed E-state index contributed by atoms with van der Waals surface area (Å²) in [6.45, 7) is 2.51. The van der Waals surface area contributed by atoms with Crippen LogP contribution in [0.3, 0.4) is 0 Å². The summed E-state index contributed by atoms with van der Waals surface area (Å²) >= 11 is 0. The van der Waals surface area contributed by atoms with Gasteiger partial charge in [0.25, 0.3) is 0 Å². The molecule has 2 rings (SSSR count). The second kappa shape index (κ2) is 3.45. The highest BCUT2D eigenvalue weighted by molar-refractivity contribution is 5.24. The maximum absolute atomic E-state index is 5.49. The van der Waals surface area contributed by atoms with Crippen molar-refractivity contribution in [1.82, 2.24) is 19.7 Å². The summed E-state index contributed by atoms with van der Waals surface area (Å²) < 4.78 is 1.73. The van der Waals surface area contributed by atoms with Gasteiger partial charge in [0.1, 0.15) is 5.82 Å². The number of aromatic nitrogens is 4. The third kappa shape index (κ3) is 1.87. The van der Waals surface area contributed by atoms with Gasteiger partial charge in [-0.15, -0.1) is 0 Å². The summed E-state index contributed by atoms with van der Waals surface area (Å²) in [5, 5.41) is 4.06. The fourth-order valence-corrected chi connectivity index (χ4v) is 1.13. The summed E-state index contributed by atoms with van der Waals surface area (Å²) in [4.78, 5) is 8.37. The van der Waals surface area contributed by atoms with Crippen LogP contribution in [0.25, 0.3) is 0 Å². The molecule has 0 fully saturated rings. The lowest BCUT2D eigenvalue weighted by Crippen LogP contribution is -2.03. The zero-order valence-electron chi connectivity index (χ0n) is 7.88.